The van der Waals surface area contributed by atoms with Crippen molar-refractivity contribution in [3.05, 3.63) is 53.9 Å². The van der Waals surface area contributed by atoms with Gasteiger partial charge in [-0.15, -0.1) is 11.8 Å². The second-order valence-electron chi connectivity index (χ2n) is 9.07. The molecule has 2 atom stereocenters. The highest BCUT2D eigenvalue weighted by molar-refractivity contribution is 8.00. The normalized spacial score (nSPS) is 19.0. The van der Waals surface area contributed by atoms with Gasteiger partial charge in [0.15, 0.2) is 0 Å². The van der Waals surface area contributed by atoms with Gasteiger partial charge in [0.25, 0.3) is 0 Å². The summed E-state index contributed by atoms with van der Waals surface area (Å²) in [4.78, 5) is 15.8. The number of carbonyl (C=O) groups is 1. The molecule has 28 heavy (non-hydrogen) atoms. The fourth-order valence-corrected chi connectivity index (χ4v) is 4.84. The van der Waals surface area contributed by atoms with Crippen LogP contribution in [0, 0.1) is 5.41 Å². The molecule has 2 aromatic rings. The third-order valence-corrected chi connectivity index (χ3v) is 6.24. The van der Waals surface area contributed by atoms with Gasteiger partial charge in [-0.3, -0.25) is 4.98 Å². The van der Waals surface area contributed by atoms with E-state index in [-0.39, 0.29) is 21.5 Å². The van der Waals surface area contributed by atoms with Gasteiger partial charge in [-0.1, -0.05) is 40.7 Å². The van der Waals surface area contributed by atoms with Gasteiger partial charge in [0, 0.05) is 28.1 Å². The summed E-state index contributed by atoms with van der Waals surface area (Å²) in [7, 11) is 0. The highest BCUT2D eigenvalue weighted by Gasteiger charge is 2.38. The first kappa shape index (κ1) is 20.7. The number of hydrogen-bond donors (Lipinski definition) is 1. The van der Waals surface area contributed by atoms with Gasteiger partial charge in [-0.25, -0.2) is 0 Å². The van der Waals surface area contributed by atoms with E-state index in [1.54, 1.807) is 6.20 Å². The number of ether oxygens (including phenoxy) is 1. The number of nitrogens with one attached hydrogen (secondary N) is 1. The average molecular weight is 399 g/mol. The van der Waals surface area contributed by atoms with Crippen molar-refractivity contribution in [1.29, 1.82) is 0 Å². The zero-order chi connectivity index (χ0) is 20.4. The van der Waals surface area contributed by atoms with Crippen LogP contribution in [0.25, 0.3) is 0 Å². The molecule has 0 saturated heterocycles. The van der Waals surface area contributed by atoms with Crippen molar-refractivity contribution in [2.75, 3.05) is 5.32 Å². The van der Waals surface area contributed by atoms with Crippen LogP contribution < -0.4 is 10.1 Å². The summed E-state index contributed by atoms with van der Waals surface area (Å²) in [5, 5.41) is 3.92. The molecule has 1 aliphatic heterocycles. The molecule has 5 heteroatoms. The van der Waals surface area contributed by atoms with E-state index in [4.69, 9.17) is 4.74 Å². The topological polar surface area (TPSA) is 51.2 Å². The zero-order valence-electron chi connectivity index (χ0n) is 17.4. The third-order valence-electron chi connectivity index (χ3n) is 4.69. The van der Waals surface area contributed by atoms with E-state index in [1.165, 1.54) is 5.56 Å². The molecule has 0 amide bonds. The molecule has 2 heterocycles. The predicted octanol–water partition coefficient (Wildman–Crippen LogP) is 5.64. The van der Waals surface area contributed by atoms with Gasteiger partial charge in [0.2, 0.25) is 0 Å². The lowest BCUT2D eigenvalue weighted by molar-refractivity contribution is -0.115. The second-order valence-corrected chi connectivity index (χ2v) is 11.0. The van der Waals surface area contributed by atoms with Crippen molar-refractivity contribution in [2.24, 2.45) is 5.41 Å². The van der Waals surface area contributed by atoms with Crippen LogP contribution in [0.2, 0.25) is 0 Å². The summed E-state index contributed by atoms with van der Waals surface area (Å²) >= 11 is 1.94. The number of carbonyl (C=O) groups excluding carboxylic acids is 1. The third kappa shape index (κ3) is 5.28. The van der Waals surface area contributed by atoms with E-state index in [1.807, 2.05) is 49.9 Å². The van der Waals surface area contributed by atoms with Crippen molar-refractivity contribution >= 4 is 23.7 Å². The molecule has 0 saturated carbocycles. The lowest BCUT2D eigenvalue weighted by atomic mass is 9.86. The largest absolute Gasteiger partial charge is 0.487 e. The van der Waals surface area contributed by atoms with Crippen LogP contribution in [-0.4, -0.2) is 22.1 Å². The van der Waals surface area contributed by atoms with Crippen LogP contribution in [0.5, 0.6) is 5.75 Å². The molecular weight excluding hydrogens is 368 g/mol. The second kappa shape index (κ2) is 8.16. The number of benzene rings is 1. The Bertz CT molecular complexity index is 815. The Kier molecular flexibility index (Phi) is 6.04. The summed E-state index contributed by atoms with van der Waals surface area (Å²) in [6.45, 7) is 11.2. The van der Waals surface area contributed by atoms with Crippen molar-refractivity contribution < 1.29 is 9.53 Å². The van der Waals surface area contributed by atoms with Gasteiger partial charge in [0.05, 0.1) is 10.9 Å². The molecule has 1 aromatic carbocycles. The monoisotopic (exact) mass is 398 g/mol. The van der Waals surface area contributed by atoms with Crippen LogP contribution >= 0.6 is 11.8 Å². The Balaban J connectivity index is 1.82. The van der Waals surface area contributed by atoms with Crippen LogP contribution in [0.15, 0.2) is 42.6 Å². The number of fused-ring (bicyclic) bond motifs is 1. The summed E-state index contributed by atoms with van der Waals surface area (Å²) in [5.41, 5.74) is 2.95. The maximum atomic E-state index is 11.5. The van der Waals surface area contributed by atoms with Gasteiger partial charge >= 0.3 is 0 Å². The van der Waals surface area contributed by atoms with Crippen molar-refractivity contribution in [3.63, 3.8) is 0 Å². The minimum atomic E-state index is -0.352. The number of anilines is 1. The fourth-order valence-electron chi connectivity index (χ4n) is 3.43. The van der Waals surface area contributed by atoms with Crippen molar-refractivity contribution in [1.82, 2.24) is 4.98 Å². The van der Waals surface area contributed by atoms with E-state index < -0.39 is 0 Å². The molecule has 1 aromatic heterocycles. The van der Waals surface area contributed by atoms with E-state index >= 15 is 0 Å². The molecule has 3 rings (SSSR count). The molecule has 2 unspecified atom stereocenters. The fraction of sp³-hybridized carbons (Fsp3) is 0.478. The zero-order valence-corrected chi connectivity index (χ0v) is 18.2. The maximum absolute atomic E-state index is 11.5. The van der Waals surface area contributed by atoms with Crippen molar-refractivity contribution in [3.8, 4) is 5.75 Å². The first-order valence-corrected chi connectivity index (χ1v) is 10.6. The number of rotatable bonds is 7. The number of thioether (sulfide) groups is 1. The van der Waals surface area contributed by atoms with Crippen LogP contribution in [0.4, 0.5) is 5.69 Å². The Hall–Kier alpha value is -2.01. The molecule has 4 nitrogen and oxygen atoms in total. The number of nitrogens with zero attached hydrogens (tertiary/aromatic N) is 1. The molecule has 0 spiro atoms. The number of pyridine rings is 1. The molecule has 0 fully saturated rings. The van der Waals surface area contributed by atoms with Gasteiger partial charge in [0.1, 0.15) is 18.6 Å². The summed E-state index contributed by atoms with van der Waals surface area (Å²) < 4.78 is 6.11. The van der Waals surface area contributed by atoms with Gasteiger partial charge in [-0.2, -0.15) is 0 Å². The lowest BCUT2D eigenvalue weighted by Gasteiger charge is -2.30. The standard InChI is InChI=1S/C23H30N2O2S/c1-22(2,3)28-21-18-12-17(27-14-16-8-6-7-11-24-16)9-10-19(18)25-20(21)13-23(4,5)15-26/h6-12,15,20-21,25H,13-14H2,1-5H3. The Morgan fingerprint density at radius 2 is 1.96 bits per heavy atom. The maximum Gasteiger partial charge on any atom is 0.130 e. The van der Waals surface area contributed by atoms with Crippen molar-refractivity contribution in [2.45, 2.75) is 63.7 Å². The van der Waals surface area contributed by atoms with Crippen LogP contribution in [0.1, 0.15) is 57.5 Å². The first-order chi connectivity index (χ1) is 13.2. The summed E-state index contributed by atoms with van der Waals surface area (Å²) in [6, 6.07) is 12.3. The smallest absolute Gasteiger partial charge is 0.130 e. The predicted molar refractivity (Wildman–Crippen MR) is 117 cm³/mol. The lowest BCUT2D eigenvalue weighted by Crippen LogP contribution is -2.29. The number of aromatic nitrogens is 1. The Labute approximate surface area is 172 Å². The number of hydrogen-bond acceptors (Lipinski definition) is 5. The molecule has 0 radical (unpaired) electrons. The molecule has 0 aliphatic carbocycles. The average Bonchev–Trinajstić information content (AvgIpc) is 2.95. The quantitative estimate of drug-likeness (QED) is 0.611. The molecule has 150 valence electrons. The minimum Gasteiger partial charge on any atom is -0.487 e. The first-order valence-electron chi connectivity index (χ1n) is 9.74. The van der Waals surface area contributed by atoms with Crippen LogP contribution in [0.3, 0.4) is 0 Å². The highest BCUT2D eigenvalue weighted by Crippen LogP contribution is 2.51. The molecular formula is C23H30N2O2S. The molecule has 1 aliphatic rings. The SMILES string of the molecule is CC(C)(C=O)CC1Nc2ccc(OCc3ccccn3)cc2C1SC(C)(C)C. The van der Waals surface area contributed by atoms with Gasteiger partial charge in [-0.05, 0) is 42.3 Å². The Morgan fingerprint density at radius 3 is 2.61 bits per heavy atom. The van der Waals surface area contributed by atoms with E-state index in [9.17, 15) is 4.79 Å². The van der Waals surface area contributed by atoms with Crippen LogP contribution in [-0.2, 0) is 11.4 Å². The Morgan fingerprint density at radius 1 is 1.18 bits per heavy atom. The number of aldehydes is 1. The van der Waals surface area contributed by atoms with Gasteiger partial charge < -0.3 is 14.8 Å². The highest BCUT2D eigenvalue weighted by atomic mass is 32.2. The molecule has 0 bridgehead atoms. The summed E-state index contributed by atoms with van der Waals surface area (Å²) in [5.74, 6) is 0.848. The van der Waals surface area contributed by atoms with E-state index in [0.29, 0.717) is 6.61 Å². The summed E-state index contributed by atoms with van der Waals surface area (Å²) in [6.07, 6.45) is 3.64. The minimum absolute atomic E-state index is 0.113. The van der Waals surface area contributed by atoms with E-state index in [0.717, 1.165) is 29.8 Å². The molecule has 1 N–H and O–H groups in total. The van der Waals surface area contributed by atoms with E-state index in [2.05, 4.69) is 43.2 Å².